The lowest BCUT2D eigenvalue weighted by Crippen LogP contribution is -2.56. The molecule has 0 amide bonds. The first kappa shape index (κ1) is 36.6. The first-order valence-electron chi connectivity index (χ1n) is 22.1. The van der Waals surface area contributed by atoms with Crippen LogP contribution in [0.2, 0.25) is 0 Å². The van der Waals surface area contributed by atoms with Crippen LogP contribution in [0.5, 0.6) is 0 Å². The number of benzene rings is 8. The van der Waals surface area contributed by atoms with Crippen LogP contribution in [0.25, 0.3) is 78.0 Å². The van der Waals surface area contributed by atoms with Crippen molar-refractivity contribution in [3.8, 4) is 62.5 Å². The lowest BCUT2D eigenvalue weighted by Gasteiger charge is -2.63. The van der Waals surface area contributed by atoms with Gasteiger partial charge >= 0.3 is 0 Å². The first-order chi connectivity index (χ1) is 30.6. The molecule has 0 aliphatic heterocycles. The molecule has 4 fully saturated rings. The Morgan fingerprint density at radius 2 is 0.806 bits per heavy atom. The van der Waals surface area contributed by atoms with Gasteiger partial charge in [0.1, 0.15) is 0 Å². The van der Waals surface area contributed by atoms with E-state index in [-0.39, 0.29) is 10.8 Å². The minimum Gasteiger partial charge on any atom is -0.208 e. The van der Waals surface area contributed by atoms with E-state index in [1.165, 1.54) is 82.3 Å². The summed E-state index contributed by atoms with van der Waals surface area (Å²) < 4.78 is 0. The summed E-state index contributed by atoms with van der Waals surface area (Å²) in [6.45, 7) is 0. The highest BCUT2D eigenvalue weighted by molar-refractivity contribution is 6.01. The zero-order chi connectivity index (χ0) is 41.3. The van der Waals surface area contributed by atoms with Crippen molar-refractivity contribution in [1.29, 1.82) is 5.26 Å². The van der Waals surface area contributed by atoms with E-state index in [1.54, 1.807) is 0 Å². The monoisotopic (exact) mass is 796 g/mol. The van der Waals surface area contributed by atoms with Crippen LogP contribution >= 0.6 is 0 Å². The number of nitriles is 1. The minimum atomic E-state index is 0.113. The fourth-order valence-electron chi connectivity index (χ4n) is 12.5. The van der Waals surface area contributed by atoms with E-state index >= 15 is 0 Å². The van der Waals surface area contributed by atoms with E-state index in [2.05, 4.69) is 109 Å². The average molecular weight is 797 g/mol. The van der Waals surface area contributed by atoms with Crippen LogP contribution in [0.1, 0.15) is 55.2 Å². The van der Waals surface area contributed by atoms with Gasteiger partial charge in [-0.05, 0) is 117 Å². The summed E-state index contributed by atoms with van der Waals surface area (Å²) in [7, 11) is 0. The molecule has 8 aromatic carbocycles. The van der Waals surface area contributed by atoms with Gasteiger partial charge in [0.25, 0.3) is 0 Å². The van der Waals surface area contributed by atoms with Crippen molar-refractivity contribution in [1.82, 2.24) is 15.0 Å². The Balaban J connectivity index is 0.922. The summed E-state index contributed by atoms with van der Waals surface area (Å²) in [5.74, 6) is 3.41. The highest BCUT2D eigenvalue weighted by Crippen LogP contribution is 2.67. The lowest BCUT2D eigenvalue weighted by molar-refractivity contribution is -0.0268. The number of hydrogen-bond donors (Lipinski definition) is 0. The van der Waals surface area contributed by atoms with Gasteiger partial charge in [-0.3, -0.25) is 0 Å². The summed E-state index contributed by atoms with van der Waals surface area (Å²) in [6.07, 6.45) is 7.55. The Labute approximate surface area is 362 Å². The molecule has 13 rings (SSSR count). The average Bonchev–Trinajstić information content (AvgIpc) is 3.33. The zero-order valence-corrected chi connectivity index (χ0v) is 34.5. The lowest BCUT2D eigenvalue weighted by atomic mass is 9.41. The predicted molar refractivity (Wildman–Crippen MR) is 251 cm³/mol. The summed E-state index contributed by atoms with van der Waals surface area (Å²) in [6, 6.07) is 67.4. The van der Waals surface area contributed by atoms with Gasteiger partial charge in [-0.1, -0.05) is 176 Å². The molecule has 4 aliphatic rings. The van der Waals surface area contributed by atoms with Crippen molar-refractivity contribution < 1.29 is 0 Å². The van der Waals surface area contributed by atoms with Crippen molar-refractivity contribution in [2.24, 2.45) is 11.8 Å². The highest BCUT2D eigenvalue weighted by atomic mass is 15.0. The van der Waals surface area contributed by atoms with Gasteiger partial charge in [0, 0.05) is 22.3 Å². The van der Waals surface area contributed by atoms with Gasteiger partial charge in [0.05, 0.1) is 11.6 Å². The minimum absolute atomic E-state index is 0.113. The van der Waals surface area contributed by atoms with Crippen LogP contribution in [0.3, 0.4) is 0 Å². The molecule has 1 aromatic heterocycles. The van der Waals surface area contributed by atoms with Gasteiger partial charge in [-0.15, -0.1) is 0 Å². The van der Waals surface area contributed by atoms with Crippen LogP contribution in [0, 0.1) is 23.2 Å². The molecule has 2 atom stereocenters. The third kappa shape index (κ3) is 5.98. The van der Waals surface area contributed by atoms with Gasteiger partial charge in [-0.25, -0.2) is 15.0 Å². The molecule has 1 heterocycles. The number of hydrogen-bond acceptors (Lipinski definition) is 4. The van der Waals surface area contributed by atoms with Crippen LogP contribution in [-0.2, 0) is 10.8 Å². The first-order valence-corrected chi connectivity index (χ1v) is 22.1. The molecule has 9 aromatic rings. The summed E-state index contributed by atoms with van der Waals surface area (Å²) in [5.41, 5.74) is 11.5. The van der Waals surface area contributed by atoms with E-state index in [4.69, 9.17) is 15.0 Å². The fraction of sp³-hybridized carbons (Fsp3) is 0.172. The van der Waals surface area contributed by atoms with Crippen molar-refractivity contribution in [3.63, 3.8) is 0 Å². The molecule has 0 N–H and O–H groups in total. The second-order valence-electron chi connectivity index (χ2n) is 18.2. The van der Waals surface area contributed by atoms with E-state index in [0.717, 1.165) is 33.4 Å². The van der Waals surface area contributed by atoms with Crippen LogP contribution in [-0.4, -0.2) is 15.0 Å². The Hall–Kier alpha value is -7.22. The second-order valence-corrected chi connectivity index (χ2v) is 18.2. The van der Waals surface area contributed by atoms with Crippen molar-refractivity contribution >= 4 is 21.5 Å². The fourth-order valence-corrected chi connectivity index (χ4v) is 12.5. The quantitative estimate of drug-likeness (QED) is 0.161. The van der Waals surface area contributed by atoms with E-state index in [1.807, 2.05) is 78.9 Å². The third-order valence-electron chi connectivity index (χ3n) is 14.5. The molecule has 4 nitrogen and oxygen atoms in total. The smallest absolute Gasteiger partial charge is 0.164 e. The normalized spacial score (nSPS) is 21.3. The maximum Gasteiger partial charge on any atom is 0.164 e. The summed E-state index contributed by atoms with van der Waals surface area (Å²) >= 11 is 0. The zero-order valence-electron chi connectivity index (χ0n) is 34.5. The summed E-state index contributed by atoms with van der Waals surface area (Å²) in [4.78, 5) is 14.9. The van der Waals surface area contributed by atoms with Crippen molar-refractivity contribution in [2.45, 2.75) is 49.4 Å². The molecular weight excluding hydrogens is 753 g/mol. The molecule has 0 radical (unpaired) electrons. The van der Waals surface area contributed by atoms with E-state index < -0.39 is 0 Å². The Kier molecular flexibility index (Phi) is 8.54. The van der Waals surface area contributed by atoms with Crippen molar-refractivity contribution in [2.75, 3.05) is 0 Å². The number of nitrogens with zero attached hydrogens (tertiary/aromatic N) is 4. The molecule has 4 bridgehead atoms. The molecule has 4 heteroatoms. The summed E-state index contributed by atoms with van der Waals surface area (Å²) in [5, 5.41) is 15.3. The molecule has 62 heavy (non-hydrogen) atoms. The molecule has 4 saturated carbocycles. The van der Waals surface area contributed by atoms with E-state index in [9.17, 15) is 5.26 Å². The second kappa shape index (κ2) is 14.5. The van der Waals surface area contributed by atoms with E-state index in [0.29, 0.717) is 29.3 Å². The maximum absolute atomic E-state index is 10.0. The Morgan fingerprint density at radius 1 is 0.387 bits per heavy atom. The van der Waals surface area contributed by atoms with Crippen LogP contribution in [0.4, 0.5) is 0 Å². The standard InChI is InChI=1S/C58H44N4/c59-36-44-17-7-8-18-45(44)49-28-30-53(51-22-12-10-20-48(49)51)58-34-38-31-39(35-58)33-57(32-38,37-58)52-29-27-46(47-19-9-11-21-50(47)52)40-23-25-43(26-24-40)56-61-54(41-13-3-1-4-14-41)60-55(62-56)42-15-5-2-6-16-42/h1-30,38-39H,31-35,37H2. The number of aromatic nitrogens is 3. The third-order valence-corrected chi connectivity index (χ3v) is 14.5. The van der Waals surface area contributed by atoms with Gasteiger partial charge in [-0.2, -0.15) is 5.26 Å². The molecular formula is C58H44N4. The number of rotatable bonds is 7. The van der Waals surface area contributed by atoms with Crippen molar-refractivity contribution in [3.05, 3.63) is 199 Å². The molecule has 296 valence electrons. The Bertz CT molecular complexity index is 3150. The van der Waals surface area contributed by atoms with Gasteiger partial charge in [0.2, 0.25) is 0 Å². The van der Waals surface area contributed by atoms with Gasteiger partial charge < -0.3 is 0 Å². The topological polar surface area (TPSA) is 62.5 Å². The predicted octanol–water partition coefficient (Wildman–Crippen LogP) is 14.2. The number of fused-ring (bicyclic) bond motifs is 2. The molecule has 2 unspecified atom stereocenters. The maximum atomic E-state index is 10.0. The largest absolute Gasteiger partial charge is 0.208 e. The molecule has 4 aliphatic carbocycles. The van der Waals surface area contributed by atoms with Crippen LogP contribution < -0.4 is 0 Å². The molecule has 0 saturated heterocycles. The van der Waals surface area contributed by atoms with Crippen LogP contribution in [0.15, 0.2) is 182 Å². The van der Waals surface area contributed by atoms with Gasteiger partial charge in [0.15, 0.2) is 17.5 Å². The Morgan fingerprint density at radius 3 is 1.34 bits per heavy atom. The molecule has 0 spiro atoms. The SMILES string of the molecule is N#Cc1ccccc1-c1ccc(C23CC4CC(CC(c5ccc(-c6ccc(-c7nc(-c8ccccc8)nc(-c8ccccc8)n7)cc6)c6ccccc56)(C4)C2)C3)c2ccccc12. The highest BCUT2D eigenvalue weighted by Gasteiger charge is 2.59.